The summed E-state index contributed by atoms with van der Waals surface area (Å²) in [7, 11) is 0. The first-order valence-electron chi connectivity index (χ1n) is 7.44. The Labute approximate surface area is 132 Å². The van der Waals surface area contributed by atoms with Crippen molar-refractivity contribution in [1.82, 2.24) is 20.0 Å². The summed E-state index contributed by atoms with van der Waals surface area (Å²) in [5.74, 6) is -0.0132. The SMILES string of the molecule is CC[C@@H](C)n1nccc1NC(=O)c1n[nH]c2ccccc2c1=O. The third-order valence-corrected chi connectivity index (χ3v) is 3.81. The van der Waals surface area contributed by atoms with Crippen LogP contribution in [0.2, 0.25) is 0 Å². The Bertz CT molecular complexity index is 912. The van der Waals surface area contributed by atoms with Crippen molar-refractivity contribution in [3.05, 3.63) is 52.4 Å². The van der Waals surface area contributed by atoms with Crippen LogP contribution in [-0.2, 0) is 0 Å². The van der Waals surface area contributed by atoms with Gasteiger partial charge < -0.3 is 5.32 Å². The summed E-state index contributed by atoms with van der Waals surface area (Å²) in [6.45, 7) is 4.04. The number of anilines is 1. The van der Waals surface area contributed by atoms with E-state index in [1.807, 2.05) is 13.8 Å². The number of hydrogen-bond acceptors (Lipinski definition) is 4. The molecule has 0 radical (unpaired) electrons. The predicted octanol–water partition coefficient (Wildman–Crippen LogP) is 2.34. The Balaban J connectivity index is 1.94. The van der Waals surface area contributed by atoms with Crippen molar-refractivity contribution in [3.63, 3.8) is 0 Å². The molecule has 1 atom stereocenters. The number of rotatable bonds is 4. The number of nitrogens with zero attached hydrogens (tertiary/aromatic N) is 3. The molecule has 0 saturated heterocycles. The van der Waals surface area contributed by atoms with Crippen molar-refractivity contribution >= 4 is 22.6 Å². The lowest BCUT2D eigenvalue weighted by molar-refractivity contribution is 0.101. The number of H-pyrrole nitrogens is 1. The van der Waals surface area contributed by atoms with Crippen molar-refractivity contribution in [2.24, 2.45) is 0 Å². The van der Waals surface area contributed by atoms with Crippen LogP contribution in [0, 0.1) is 0 Å². The topological polar surface area (TPSA) is 92.7 Å². The minimum atomic E-state index is -0.554. The number of amides is 1. The zero-order chi connectivity index (χ0) is 16.4. The lowest BCUT2D eigenvalue weighted by Gasteiger charge is -2.13. The highest BCUT2D eigenvalue weighted by atomic mass is 16.2. The molecule has 0 aliphatic carbocycles. The maximum absolute atomic E-state index is 12.4. The molecule has 7 nitrogen and oxygen atoms in total. The van der Waals surface area contributed by atoms with Gasteiger partial charge in [-0.25, -0.2) is 4.68 Å². The van der Waals surface area contributed by atoms with Crippen molar-refractivity contribution in [3.8, 4) is 0 Å². The zero-order valence-electron chi connectivity index (χ0n) is 12.9. The molecule has 2 aromatic heterocycles. The summed E-state index contributed by atoms with van der Waals surface area (Å²) in [5.41, 5.74) is 0.0331. The lowest BCUT2D eigenvalue weighted by Crippen LogP contribution is -2.25. The van der Waals surface area contributed by atoms with Gasteiger partial charge in [-0.15, -0.1) is 0 Å². The van der Waals surface area contributed by atoms with Gasteiger partial charge in [0.05, 0.1) is 17.8 Å². The molecule has 23 heavy (non-hydrogen) atoms. The highest BCUT2D eigenvalue weighted by molar-refractivity contribution is 6.03. The lowest BCUT2D eigenvalue weighted by atomic mass is 10.2. The first kappa shape index (κ1) is 15.0. The minimum absolute atomic E-state index is 0.142. The summed E-state index contributed by atoms with van der Waals surface area (Å²) in [4.78, 5) is 24.8. The van der Waals surface area contributed by atoms with Gasteiger partial charge >= 0.3 is 0 Å². The largest absolute Gasteiger partial charge is 0.305 e. The van der Waals surface area contributed by atoms with Gasteiger partial charge in [-0.3, -0.25) is 14.7 Å². The molecule has 3 aromatic rings. The first-order valence-corrected chi connectivity index (χ1v) is 7.44. The summed E-state index contributed by atoms with van der Waals surface area (Å²) < 4.78 is 1.72. The van der Waals surface area contributed by atoms with Gasteiger partial charge in [0.1, 0.15) is 5.82 Å². The van der Waals surface area contributed by atoms with E-state index < -0.39 is 11.3 Å². The highest BCUT2D eigenvalue weighted by Crippen LogP contribution is 2.16. The summed E-state index contributed by atoms with van der Waals surface area (Å²) >= 11 is 0. The number of nitrogens with one attached hydrogen (secondary N) is 2. The van der Waals surface area contributed by atoms with Crippen LogP contribution in [0.5, 0.6) is 0 Å². The summed E-state index contributed by atoms with van der Waals surface area (Å²) in [5, 5.41) is 14.0. The first-order chi connectivity index (χ1) is 11.1. The van der Waals surface area contributed by atoms with E-state index in [1.54, 1.807) is 41.2 Å². The average Bonchev–Trinajstić information content (AvgIpc) is 3.02. The zero-order valence-corrected chi connectivity index (χ0v) is 12.9. The van der Waals surface area contributed by atoms with Crippen molar-refractivity contribution in [1.29, 1.82) is 0 Å². The van der Waals surface area contributed by atoms with Crippen LogP contribution >= 0.6 is 0 Å². The Morgan fingerprint density at radius 1 is 1.35 bits per heavy atom. The van der Waals surface area contributed by atoms with E-state index in [4.69, 9.17) is 0 Å². The summed E-state index contributed by atoms with van der Waals surface area (Å²) in [6.07, 6.45) is 2.49. The average molecular weight is 311 g/mol. The molecule has 0 unspecified atom stereocenters. The number of aromatic amines is 1. The van der Waals surface area contributed by atoms with E-state index >= 15 is 0 Å². The van der Waals surface area contributed by atoms with E-state index in [0.29, 0.717) is 16.7 Å². The van der Waals surface area contributed by atoms with Gasteiger partial charge in [0.25, 0.3) is 5.91 Å². The van der Waals surface area contributed by atoms with Gasteiger partial charge in [-0.2, -0.15) is 10.2 Å². The maximum Gasteiger partial charge on any atom is 0.281 e. The summed E-state index contributed by atoms with van der Waals surface area (Å²) in [6, 6.07) is 8.78. The van der Waals surface area contributed by atoms with Crippen molar-refractivity contribution < 1.29 is 4.79 Å². The number of aromatic nitrogens is 4. The molecular weight excluding hydrogens is 294 g/mol. The number of carbonyl (C=O) groups is 1. The molecule has 0 saturated carbocycles. The molecule has 7 heteroatoms. The molecule has 1 aromatic carbocycles. The molecule has 0 bridgehead atoms. The van der Waals surface area contributed by atoms with Gasteiger partial charge in [-0.05, 0) is 25.5 Å². The van der Waals surface area contributed by atoms with Crippen LogP contribution in [0.15, 0.2) is 41.3 Å². The Morgan fingerprint density at radius 3 is 2.91 bits per heavy atom. The number of carbonyl (C=O) groups excluding carboxylic acids is 1. The van der Waals surface area contributed by atoms with E-state index in [2.05, 4.69) is 20.6 Å². The standard InChI is InChI=1S/C16H17N5O2/c1-3-10(2)21-13(8-9-17-21)18-16(23)14-15(22)11-6-4-5-7-12(11)19-20-14/h4-10H,3H2,1-2H3,(H,18,23)(H,19,22)/t10-/m1/s1. The fourth-order valence-corrected chi connectivity index (χ4v) is 2.34. The van der Waals surface area contributed by atoms with Crippen LogP contribution in [-0.4, -0.2) is 25.9 Å². The molecule has 0 spiro atoms. The molecule has 2 N–H and O–H groups in total. The fraction of sp³-hybridized carbons (Fsp3) is 0.250. The predicted molar refractivity (Wildman–Crippen MR) is 87.5 cm³/mol. The molecule has 1 amide bonds. The monoisotopic (exact) mass is 311 g/mol. The Hall–Kier alpha value is -2.96. The number of hydrogen-bond donors (Lipinski definition) is 2. The van der Waals surface area contributed by atoms with Gasteiger partial charge in [-0.1, -0.05) is 19.1 Å². The molecule has 2 heterocycles. The molecular formula is C16H17N5O2. The van der Waals surface area contributed by atoms with Gasteiger partial charge in [0.15, 0.2) is 5.69 Å². The third kappa shape index (κ3) is 2.73. The number of fused-ring (bicyclic) bond motifs is 1. The van der Waals surface area contributed by atoms with Crippen molar-refractivity contribution in [2.75, 3.05) is 5.32 Å². The second-order valence-corrected chi connectivity index (χ2v) is 5.32. The fourth-order valence-electron chi connectivity index (χ4n) is 2.34. The maximum atomic E-state index is 12.4. The van der Waals surface area contributed by atoms with Crippen LogP contribution < -0.4 is 10.7 Å². The Kier molecular flexibility index (Phi) is 3.92. The van der Waals surface area contributed by atoms with E-state index in [9.17, 15) is 9.59 Å². The van der Waals surface area contributed by atoms with E-state index in [0.717, 1.165) is 6.42 Å². The molecule has 0 fully saturated rings. The highest BCUT2D eigenvalue weighted by Gasteiger charge is 2.17. The smallest absolute Gasteiger partial charge is 0.281 e. The van der Waals surface area contributed by atoms with Crippen LogP contribution in [0.25, 0.3) is 10.9 Å². The van der Waals surface area contributed by atoms with Gasteiger partial charge in [0.2, 0.25) is 5.43 Å². The third-order valence-electron chi connectivity index (χ3n) is 3.81. The quantitative estimate of drug-likeness (QED) is 0.773. The molecule has 0 aliphatic rings. The second kappa shape index (κ2) is 6.04. The number of para-hydroxylation sites is 1. The van der Waals surface area contributed by atoms with Crippen molar-refractivity contribution in [2.45, 2.75) is 26.3 Å². The van der Waals surface area contributed by atoms with Crippen LogP contribution in [0.1, 0.15) is 36.8 Å². The van der Waals surface area contributed by atoms with E-state index in [1.165, 1.54) is 0 Å². The molecule has 3 rings (SSSR count). The minimum Gasteiger partial charge on any atom is -0.305 e. The van der Waals surface area contributed by atoms with Crippen LogP contribution in [0.4, 0.5) is 5.82 Å². The normalized spacial score (nSPS) is 12.3. The van der Waals surface area contributed by atoms with E-state index in [-0.39, 0.29) is 11.7 Å². The second-order valence-electron chi connectivity index (χ2n) is 5.32. The molecule has 118 valence electrons. The Morgan fingerprint density at radius 2 is 2.13 bits per heavy atom. The number of benzene rings is 1. The van der Waals surface area contributed by atoms with Crippen LogP contribution in [0.3, 0.4) is 0 Å². The van der Waals surface area contributed by atoms with Gasteiger partial charge in [0, 0.05) is 11.5 Å². The molecule has 0 aliphatic heterocycles.